The molecule has 0 aliphatic carbocycles. The lowest BCUT2D eigenvalue weighted by atomic mass is 10.1. The quantitative estimate of drug-likeness (QED) is 0.776. The summed E-state index contributed by atoms with van der Waals surface area (Å²) in [6.07, 6.45) is 3.32. The molecule has 3 rings (SSSR count). The Hall–Kier alpha value is -2.37. The first-order chi connectivity index (χ1) is 11.6. The van der Waals surface area contributed by atoms with Gasteiger partial charge in [-0.1, -0.05) is 30.3 Å². The van der Waals surface area contributed by atoms with Gasteiger partial charge in [-0.3, -0.25) is 14.4 Å². The van der Waals surface area contributed by atoms with Crippen LogP contribution in [0, 0.1) is 0 Å². The van der Waals surface area contributed by atoms with E-state index >= 15 is 0 Å². The molecule has 1 atom stereocenters. The zero-order chi connectivity index (χ0) is 16.9. The topological polar surface area (TPSA) is 69.7 Å². The minimum Gasteiger partial charge on any atom is -0.355 e. The van der Waals surface area contributed by atoms with Gasteiger partial charge in [-0.25, -0.2) is 0 Å². The van der Waals surface area contributed by atoms with Gasteiger partial charge in [0.05, 0.1) is 0 Å². The maximum absolute atomic E-state index is 12.4. The van der Waals surface area contributed by atoms with E-state index in [9.17, 15) is 14.4 Å². The minimum atomic E-state index is -0.350. The van der Waals surface area contributed by atoms with E-state index in [1.165, 1.54) is 10.5 Å². The summed E-state index contributed by atoms with van der Waals surface area (Å²) >= 11 is 0. The average molecular weight is 329 g/mol. The Morgan fingerprint density at radius 3 is 2.79 bits per heavy atom. The third-order valence-corrected chi connectivity index (χ3v) is 4.64. The summed E-state index contributed by atoms with van der Waals surface area (Å²) in [4.78, 5) is 39.5. The predicted molar refractivity (Wildman–Crippen MR) is 89.1 cm³/mol. The molecule has 2 fully saturated rings. The van der Waals surface area contributed by atoms with Crippen molar-refractivity contribution >= 4 is 17.7 Å². The fraction of sp³-hybridized carbons (Fsp3) is 0.500. The summed E-state index contributed by atoms with van der Waals surface area (Å²) in [6, 6.07) is 9.75. The van der Waals surface area contributed by atoms with E-state index < -0.39 is 0 Å². The van der Waals surface area contributed by atoms with Crippen LogP contribution < -0.4 is 5.32 Å². The van der Waals surface area contributed by atoms with Crippen molar-refractivity contribution in [3.05, 3.63) is 35.9 Å². The zero-order valence-electron chi connectivity index (χ0n) is 13.7. The molecule has 6 nitrogen and oxygen atoms in total. The van der Waals surface area contributed by atoms with Crippen LogP contribution in [-0.2, 0) is 20.8 Å². The molecule has 2 heterocycles. The van der Waals surface area contributed by atoms with E-state index in [4.69, 9.17) is 0 Å². The first-order valence-corrected chi connectivity index (χ1v) is 8.54. The number of rotatable bonds is 6. The number of fused-ring (bicyclic) bond motifs is 1. The molecule has 2 aliphatic rings. The van der Waals surface area contributed by atoms with E-state index in [2.05, 4.69) is 17.4 Å². The molecule has 24 heavy (non-hydrogen) atoms. The van der Waals surface area contributed by atoms with Crippen molar-refractivity contribution in [2.75, 3.05) is 26.2 Å². The molecule has 2 saturated heterocycles. The highest BCUT2D eigenvalue weighted by Gasteiger charge is 2.42. The van der Waals surface area contributed by atoms with Crippen LogP contribution in [-0.4, -0.2) is 59.7 Å². The second-order valence-electron chi connectivity index (χ2n) is 6.38. The Balaban J connectivity index is 1.41. The number of benzene rings is 1. The van der Waals surface area contributed by atoms with Crippen LogP contribution >= 0.6 is 0 Å². The highest BCUT2D eigenvalue weighted by molar-refractivity contribution is 5.97. The van der Waals surface area contributed by atoms with Gasteiger partial charge in [-0.05, 0) is 31.2 Å². The molecule has 1 aromatic carbocycles. The average Bonchev–Trinajstić information content (AvgIpc) is 3.08. The number of hydrogen-bond donors (Lipinski definition) is 1. The van der Waals surface area contributed by atoms with Crippen LogP contribution in [0.2, 0.25) is 0 Å². The molecule has 0 aromatic heterocycles. The van der Waals surface area contributed by atoms with Gasteiger partial charge >= 0.3 is 0 Å². The van der Waals surface area contributed by atoms with Gasteiger partial charge in [0.2, 0.25) is 17.7 Å². The highest BCUT2D eigenvalue weighted by atomic mass is 16.2. The largest absolute Gasteiger partial charge is 0.355 e. The van der Waals surface area contributed by atoms with E-state index in [1.54, 1.807) is 4.90 Å². The summed E-state index contributed by atoms with van der Waals surface area (Å²) in [5.41, 5.74) is 1.24. The molecule has 1 N–H and O–H groups in total. The van der Waals surface area contributed by atoms with Crippen molar-refractivity contribution in [1.82, 2.24) is 15.1 Å². The molecular formula is C18H23N3O3. The van der Waals surface area contributed by atoms with Crippen molar-refractivity contribution in [3.63, 3.8) is 0 Å². The summed E-state index contributed by atoms with van der Waals surface area (Å²) < 4.78 is 0. The van der Waals surface area contributed by atoms with Crippen LogP contribution in [0.25, 0.3) is 0 Å². The number of hydrogen-bond acceptors (Lipinski definition) is 3. The van der Waals surface area contributed by atoms with Crippen LogP contribution in [0.15, 0.2) is 30.3 Å². The van der Waals surface area contributed by atoms with Gasteiger partial charge in [0.1, 0.15) is 19.1 Å². The maximum atomic E-state index is 12.4. The van der Waals surface area contributed by atoms with Crippen LogP contribution in [0.1, 0.15) is 24.8 Å². The van der Waals surface area contributed by atoms with Gasteiger partial charge in [0, 0.05) is 13.1 Å². The van der Waals surface area contributed by atoms with Crippen molar-refractivity contribution in [2.45, 2.75) is 31.7 Å². The van der Waals surface area contributed by atoms with Gasteiger partial charge in [0.15, 0.2) is 0 Å². The SMILES string of the molecule is O=C(CN1CC(=O)N2CCCC2C1=O)NCCCc1ccccc1. The number of carbonyl (C=O) groups is 3. The molecule has 128 valence electrons. The van der Waals surface area contributed by atoms with E-state index in [-0.39, 0.29) is 36.9 Å². The smallest absolute Gasteiger partial charge is 0.246 e. The summed E-state index contributed by atoms with van der Waals surface area (Å²) in [7, 11) is 0. The number of nitrogens with one attached hydrogen (secondary N) is 1. The van der Waals surface area contributed by atoms with Crippen molar-refractivity contribution < 1.29 is 14.4 Å². The van der Waals surface area contributed by atoms with Crippen molar-refractivity contribution in [1.29, 1.82) is 0 Å². The van der Waals surface area contributed by atoms with E-state index in [0.29, 0.717) is 19.5 Å². The molecule has 0 saturated carbocycles. The lowest BCUT2D eigenvalue weighted by molar-refractivity contribution is -0.154. The summed E-state index contributed by atoms with van der Waals surface area (Å²) in [5, 5.41) is 2.84. The van der Waals surface area contributed by atoms with Gasteiger partial charge in [-0.15, -0.1) is 0 Å². The van der Waals surface area contributed by atoms with Gasteiger partial charge in [-0.2, -0.15) is 0 Å². The molecule has 0 spiro atoms. The third kappa shape index (κ3) is 3.75. The monoisotopic (exact) mass is 329 g/mol. The lowest BCUT2D eigenvalue weighted by Gasteiger charge is -2.35. The number of nitrogens with zero attached hydrogens (tertiary/aromatic N) is 2. The summed E-state index contributed by atoms with van der Waals surface area (Å²) in [5.74, 6) is -0.337. The van der Waals surface area contributed by atoms with Gasteiger partial charge < -0.3 is 15.1 Å². The van der Waals surface area contributed by atoms with Crippen LogP contribution in [0.5, 0.6) is 0 Å². The molecule has 6 heteroatoms. The standard InChI is InChI=1S/C18H23N3O3/c22-16(19-10-4-8-14-6-2-1-3-7-14)12-20-13-17(23)21-11-5-9-15(21)18(20)24/h1-3,6-7,15H,4-5,8-13H2,(H,19,22). The first kappa shape index (κ1) is 16.5. The van der Waals surface area contributed by atoms with E-state index in [0.717, 1.165) is 19.3 Å². The highest BCUT2D eigenvalue weighted by Crippen LogP contribution is 2.23. The Kier molecular flexibility index (Phi) is 5.13. The number of carbonyl (C=O) groups excluding carboxylic acids is 3. The fourth-order valence-corrected chi connectivity index (χ4v) is 3.39. The van der Waals surface area contributed by atoms with Crippen molar-refractivity contribution in [3.8, 4) is 0 Å². The molecule has 1 unspecified atom stereocenters. The second-order valence-corrected chi connectivity index (χ2v) is 6.38. The maximum Gasteiger partial charge on any atom is 0.246 e. The summed E-state index contributed by atoms with van der Waals surface area (Å²) in [6.45, 7) is 1.22. The Bertz CT molecular complexity index is 617. The fourth-order valence-electron chi connectivity index (χ4n) is 3.39. The molecule has 3 amide bonds. The second kappa shape index (κ2) is 7.47. The van der Waals surface area contributed by atoms with Crippen LogP contribution in [0.3, 0.4) is 0 Å². The number of piperazine rings is 1. The third-order valence-electron chi connectivity index (χ3n) is 4.64. The zero-order valence-corrected chi connectivity index (χ0v) is 13.7. The lowest BCUT2D eigenvalue weighted by Crippen LogP contribution is -2.59. The molecule has 0 bridgehead atoms. The minimum absolute atomic E-state index is 0.0206. The Morgan fingerprint density at radius 2 is 2.00 bits per heavy atom. The number of amides is 3. The number of aryl methyl sites for hydroxylation is 1. The van der Waals surface area contributed by atoms with Crippen LogP contribution in [0.4, 0.5) is 0 Å². The Morgan fingerprint density at radius 1 is 1.21 bits per heavy atom. The van der Waals surface area contributed by atoms with E-state index in [1.807, 2.05) is 18.2 Å². The molecule has 0 radical (unpaired) electrons. The molecular weight excluding hydrogens is 306 g/mol. The van der Waals surface area contributed by atoms with Gasteiger partial charge in [0.25, 0.3) is 0 Å². The first-order valence-electron chi connectivity index (χ1n) is 8.54. The molecule has 1 aromatic rings. The normalized spacial score (nSPS) is 20.2. The van der Waals surface area contributed by atoms with Crippen molar-refractivity contribution in [2.24, 2.45) is 0 Å². The molecule has 2 aliphatic heterocycles. The Labute approximate surface area is 141 Å². The predicted octanol–water partition coefficient (Wildman–Crippen LogP) is 0.569.